The van der Waals surface area contributed by atoms with Crippen molar-refractivity contribution < 1.29 is 8.83 Å². The van der Waals surface area contributed by atoms with Gasteiger partial charge in [0.2, 0.25) is 0 Å². The lowest BCUT2D eigenvalue weighted by atomic mass is 10.1. The van der Waals surface area contributed by atoms with Crippen LogP contribution in [0.5, 0.6) is 0 Å². The molecule has 0 saturated carbocycles. The van der Waals surface area contributed by atoms with Gasteiger partial charge in [-0.2, -0.15) is 0 Å². The fourth-order valence-corrected chi connectivity index (χ4v) is 3.99. The lowest BCUT2D eigenvalue weighted by Crippen LogP contribution is -2.04. The third-order valence-corrected chi connectivity index (χ3v) is 5.66. The van der Waals surface area contributed by atoms with Gasteiger partial charge in [-0.05, 0) is 24.3 Å². The summed E-state index contributed by atoms with van der Waals surface area (Å²) in [5.41, 5.74) is 4.77. The van der Waals surface area contributed by atoms with Gasteiger partial charge in [0.1, 0.15) is 22.6 Å². The van der Waals surface area contributed by atoms with Crippen LogP contribution in [0.1, 0.15) is 22.6 Å². The first kappa shape index (κ1) is 19.9. The van der Waals surface area contributed by atoms with E-state index >= 15 is 0 Å². The number of fused-ring (bicyclic) bond motifs is 2. The minimum atomic E-state index is 0.654. The van der Waals surface area contributed by atoms with Crippen molar-refractivity contribution in [2.24, 2.45) is 10.2 Å². The highest BCUT2D eigenvalue weighted by atomic mass is 16.3. The van der Waals surface area contributed by atoms with Gasteiger partial charge in [-0.1, -0.05) is 97.1 Å². The number of hydrogen-bond donors (Lipinski definition) is 0. The Kier molecular flexibility index (Phi) is 5.09. The molecule has 34 heavy (non-hydrogen) atoms. The van der Waals surface area contributed by atoms with Crippen LogP contribution in [0.15, 0.2) is 140 Å². The summed E-state index contributed by atoms with van der Waals surface area (Å²) in [6.07, 6.45) is 0. The molecule has 0 N–H and O–H groups in total. The van der Waals surface area contributed by atoms with Gasteiger partial charge in [-0.15, -0.1) is 10.2 Å². The minimum Gasteiger partial charge on any atom is -0.454 e. The third-order valence-electron chi connectivity index (χ3n) is 5.66. The van der Waals surface area contributed by atoms with Gasteiger partial charge in [0.15, 0.2) is 11.5 Å². The molecule has 2 heterocycles. The molecule has 4 nitrogen and oxygen atoms in total. The quantitative estimate of drug-likeness (QED) is 0.206. The van der Waals surface area contributed by atoms with E-state index in [-0.39, 0.29) is 0 Å². The SMILES string of the molecule is c1ccc(/C(=N/N=C(\c2ccccc2)c2cc3ccccc3o2)c2cc3ccccc3o2)cc1. The van der Waals surface area contributed by atoms with E-state index in [4.69, 9.17) is 19.0 Å². The highest BCUT2D eigenvalue weighted by Gasteiger charge is 2.16. The fourth-order valence-electron chi connectivity index (χ4n) is 3.99. The Hall–Kier alpha value is -4.70. The number of hydrogen-bond acceptors (Lipinski definition) is 4. The Bertz CT molecular complexity index is 1450. The lowest BCUT2D eigenvalue weighted by Gasteiger charge is -2.04. The third kappa shape index (κ3) is 3.82. The Balaban J connectivity index is 1.55. The molecule has 0 aliphatic heterocycles. The summed E-state index contributed by atoms with van der Waals surface area (Å²) in [6.45, 7) is 0. The van der Waals surface area contributed by atoms with E-state index in [9.17, 15) is 0 Å². The number of benzene rings is 4. The molecule has 0 radical (unpaired) electrons. The molecule has 4 aromatic carbocycles. The second kappa shape index (κ2) is 8.68. The van der Waals surface area contributed by atoms with Gasteiger partial charge in [-0.3, -0.25) is 0 Å². The number of nitrogens with zero attached hydrogens (tertiary/aromatic N) is 2. The van der Waals surface area contributed by atoms with E-state index < -0.39 is 0 Å². The molecule has 2 aromatic heterocycles. The van der Waals surface area contributed by atoms with E-state index in [1.165, 1.54) is 0 Å². The first-order chi connectivity index (χ1) is 16.8. The van der Waals surface area contributed by atoms with E-state index in [1.54, 1.807) is 0 Å². The van der Waals surface area contributed by atoms with Gasteiger partial charge in [0.05, 0.1) is 0 Å². The van der Waals surface area contributed by atoms with Crippen molar-refractivity contribution in [3.05, 3.63) is 144 Å². The molecule has 0 fully saturated rings. The summed E-state index contributed by atoms with van der Waals surface area (Å²) in [5.74, 6) is 1.32. The van der Waals surface area contributed by atoms with Crippen LogP contribution in [-0.2, 0) is 0 Å². The van der Waals surface area contributed by atoms with Gasteiger partial charge in [0.25, 0.3) is 0 Å². The van der Waals surface area contributed by atoms with Crippen LogP contribution in [0.25, 0.3) is 21.9 Å². The summed E-state index contributed by atoms with van der Waals surface area (Å²) in [6, 6.07) is 39.8. The van der Waals surface area contributed by atoms with E-state index in [0.717, 1.165) is 33.1 Å². The fraction of sp³-hybridized carbons (Fsp3) is 0. The monoisotopic (exact) mass is 440 g/mol. The minimum absolute atomic E-state index is 0.654. The summed E-state index contributed by atoms with van der Waals surface area (Å²) in [4.78, 5) is 0. The van der Waals surface area contributed by atoms with Crippen LogP contribution < -0.4 is 0 Å². The maximum absolute atomic E-state index is 6.15. The Morgan fingerprint density at radius 2 is 0.824 bits per heavy atom. The van der Waals surface area contributed by atoms with Crippen molar-refractivity contribution in [3.8, 4) is 0 Å². The average Bonchev–Trinajstić information content (AvgIpc) is 3.52. The van der Waals surface area contributed by atoms with Crippen molar-refractivity contribution >= 4 is 33.4 Å². The van der Waals surface area contributed by atoms with Crippen molar-refractivity contribution in [1.29, 1.82) is 0 Å². The summed E-state index contributed by atoms with van der Waals surface area (Å²) < 4.78 is 12.3. The van der Waals surface area contributed by atoms with E-state index in [0.29, 0.717) is 22.9 Å². The number of rotatable bonds is 5. The molecular formula is C30H20N2O2. The number of para-hydroxylation sites is 2. The zero-order valence-electron chi connectivity index (χ0n) is 18.3. The predicted molar refractivity (Wildman–Crippen MR) is 137 cm³/mol. The Labute approximate surface area is 196 Å². The molecule has 6 rings (SSSR count). The highest BCUT2D eigenvalue weighted by molar-refractivity contribution is 6.15. The van der Waals surface area contributed by atoms with Crippen LogP contribution in [0.4, 0.5) is 0 Å². The molecule has 0 saturated heterocycles. The van der Waals surface area contributed by atoms with Gasteiger partial charge < -0.3 is 8.83 Å². The van der Waals surface area contributed by atoms with Gasteiger partial charge in [0, 0.05) is 21.9 Å². The number of furan rings is 2. The first-order valence-corrected chi connectivity index (χ1v) is 11.1. The Morgan fingerprint density at radius 3 is 1.24 bits per heavy atom. The zero-order chi connectivity index (χ0) is 22.7. The van der Waals surface area contributed by atoms with Crippen molar-refractivity contribution in [2.75, 3.05) is 0 Å². The van der Waals surface area contributed by atoms with E-state index in [1.807, 2.05) is 121 Å². The predicted octanol–water partition coefficient (Wildman–Crippen LogP) is 7.47. The zero-order valence-corrected chi connectivity index (χ0v) is 18.3. The first-order valence-electron chi connectivity index (χ1n) is 11.1. The largest absolute Gasteiger partial charge is 0.454 e. The highest BCUT2D eigenvalue weighted by Crippen LogP contribution is 2.24. The molecule has 0 amide bonds. The molecule has 6 aromatic rings. The van der Waals surface area contributed by atoms with Crippen LogP contribution in [0, 0.1) is 0 Å². The van der Waals surface area contributed by atoms with Gasteiger partial charge >= 0.3 is 0 Å². The summed E-state index contributed by atoms with van der Waals surface area (Å²) in [7, 11) is 0. The maximum Gasteiger partial charge on any atom is 0.156 e. The molecule has 162 valence electrons. The van der Waals surface area contributed by atoms with Crippen molar-refractivity contribution in [3.63, 3.8) is 0 Å². The summed E-state index contributed by atoms with van der Waals surface area (Å²) in [5, 5.41) is 11.5. The summed E-state index contributed by atoms with van der Waals surface area (Å²) >= 11 is 0. The Morgan fingerprint density at radius 1 is 0.441 bits per heavy atom. The second-order valence-electron chi connectivity index (χ2n) is 7.93. The van der Waals surface area contributed by atoms with Crippen LogP contribution >= 0.6 is 0 Å². The molecule has 4 heteroatoms. The van der Waals surface area contributed by atoms with Crippen LogP contribution in [0.3, 0.4) is 0 Å². The van der Waals surface area contributed by atoms with E-state index in [2.05, 4.69) is 0 Å². The molecule has 0 aliphatic carbocycles. The molecule has 0 aliphatic rings. The maximum atomic E-state index is 6.15. The van der Waals surface area contributed by atoms with Crippen LogP contribution in [0.2, 0.25) is 0 Å². The standard InChI is InChI=1S/C30H20N2O2/c1-3-11-21(12-4-1)29(27-19-23-15-7-9-17-25(23)33-27)31-32-30(22-13-5-2-6-14-22)28-20-24-16-8-10-18-26(24)34-28/h1-20H/b31-29-,32-30+. The molecular weight excluding hydrogens is 420 g/mol. The normalized spacial score (nSPS) is 12.5. The average molecular weight is 441 g/mol. The topological polar surface area (TPSA) is 51.0 Å². The lowest BCUT2D eigenvalue weighted by molar-refractivity contribution is 0.603. The van der Waals surface area contributed by atoms with Crippen molar-refractivity contribution in [1.82, 2.24) is 0 Å². The molecule has 0 unspecified atom stereocenters. The molecule has 0 spiro atoms. The second-order valence-corrected chi connectivity index (χ2v) is 7.93. The smallest absolute Gasteiger partial charge is 0.156 e. The van der Waals surface area contributed by atoms with Crippen LogP contribution in [-0.4, -0.2) is 11.4 Å². The van der Waals surface area contributed by atoms with Crippen molar-refractivity contribution in [2.45, 2.75) is 0 Å². The van der Waals surface area contributed by atoms with Gasteiger partial charge in [-0.25, -0.2) is 0 Å². The molecule has 0 bridgehead atoms. The molecule has 0 atom stereocenters.